The quantitative estimate of drug-likeness (QED) is 0.832. The highest BCUT2D eigenvalue weighted by molar-refractivity contribution is 7.11. The highest BCUT2D eigenvalue weighted by Crippen LogP contribution is 2.22. The minimum Gasteiger partial charge on any atom is -0.378 e. The van der Waals surface area contributed by atoms with E-state index in [1.54, 1.807) is 18.4 Å². The second kappa shape index (κ2) is 5.70. The summed E-state index contributed by atoms with van der Waals surface area (Å²) >= 11 is 1.66. The first-order valence-corrected chi connectivity index (χ1v) is 6.41. The van der Waals surface area contributed by atoms with Gasteiger partial charge in [-0.15, -0.1) is 10.2 Å². The summed E-state index contributed by atoms with van der Waals surface area (Å²) in [5.41, 5.74) is -0.168. The van der Waals surface area contributed by atoms with Crippen molar-refractivity contribution in [3.63, 3.8) is 0 Å². The number of rotatable bonds is 6. The van der Waals surface area contributed by atoms with Crippen molar-refractivity contribution in [1.82, 2.24) is 15.5 Å². The topological polar surface area (TPSA) is 47.0 Å². The molecule has 0 aromatic carbocycles. The molecule has 0 aliphatic heterocycles. The van der Waals surface area contributed by atoms with Gasteiger partial charge in [-0.2, -0.15) is 0 Å². The number of nitrogens with one attached hydrogen (secondary N) is 1. The van der Waals surface area contributed by atoms with Gasteiger partial charge in [0.15, 0.2) is 0 Å². The molecule has 0 saturated carbocycles. The zero-order chi connectivity index (χ0) is 12.2. The molecule has 4 nitrogen and oxygen atoms in total. The number of hydrogen-bond donors (Lipinski definition) is 1. The summed E-state index contributed by atoms with van der Waals surface area (Å²) < 4.78 is 5.38. The van der Waals surface area contributed by atoms with Crippen LogP contribution in [0.4, 0.5) is 0 Å². The van der Waals surface area contributed by atoms with Crippen molar-refractivity contribution in [3.05, 3.63) is 10.0 Å². The number of hydrogen-bond acceptors (Lipinski definition) is 5. The molecule has 92 valence electrons. The lowest BCUT2D eigenvalue weighted by atomic mass is 10.1. The zero-order valence-corrected chi connectivity index (χ0v) is 11.5. The van der Waals surface area contributed by atoms with E-state index in [1.165, 1.54) is 0 Å². The lowest BCUT2D eigenvalue weighted by molar-refractivity contribution is 0.0230. The predicted octanol–water partition coefficient (Wildman–Crippen LogP) is 2.18. The highest BCUT2D eigenvalue weighted by Gasteiger charge is 2.20. The summed E-state index contributed by atoms with van der Waals surface area (Å²) in [5.74, 6) is 0. The van der Waals surface area contributed by atoms with E-state index >= 15 is 0 Å². The van der Waals surface area contributed by atoms with Crippen LogP contribution in [0, 0.1) is 0 Å². The van der Waals surface area contributed by atoms with Crippen molar-refractivity contribution in [1.29, 1.82) is 0 Å². The fourth-order valence-corrected chi connectivity index (χ4v) is 2.43. The van der Waals surface area contributed by atoms with Crippen LogP contribution in [-0.2, 0) is 11.2 Å². The van der Waals surface area contributed by atoms with Gasteiger partial charge in [0, 0.05) is 13.5 Å². The van der Waals surface area contributed by atoms with E-state index in [-0.39, 0.29) is 11.6 Å². The third-order valence-corrected chi connectivity index (χ3v) is 3.60. The summed E-state index contributed by atoms with van der Waals surface area (Å²) in [6, 6.07) is 0.280. The maximum atomic E-state index is 5.38. The second-order valence-corrected chi connectivity index (χ2v) is 5.55. The van der Waals surface area contributed by atoms with Crippen LogP contribution in [0.25, 0.3) is 0 Å². The Hall–Kier alpha value is -0.520. The lowest BCUT2D eigenvalue weighted by Crippen LogP contribution is -2.25. The first-order valence-electron chi connectivity index (χ1n) is 5.59. The van der Waals surface area contributed by atoms with Crippen molar-refractivity contribution in [3.8, 4) is 0 Å². The van der Waals surface area contributed by atoms with E-state index in [0.717, 1.165) is 23.0 Å². The van der Waals surface area contributed by atoms with Crippen molar-refractivity contribution >= 4 is 11.3 Å². The fourth-order valence-electron chi connectivity index (χ4n) is 1.34. The minimum absolute atomic E-state index is 0.168. The molecule has 1 aromatic rings. The van der Waals surface area contributed by atoms with E-state index in [0.29, 0.717) is 0 Å². The Morgan fingerprint density at radius 1 is 1.44 bits per heavy atom. The third-order valence-electron chi connectivity index (χ3n) is 2.49. The normalized spacial score (nSPS) is 14.1. The van der Waals surface area contributed by atoms with Gasteiger partial charge < -0.3 is 10.1 Å². The first-order chi connectivity index (χ1) is 7.48. The van der Waals surface area contributed by atoms with E-state index in [4.69, 9.17) is 4.74 Å². The largest absolute Gasteiger partial charge is 0.378 e. The molecule has 1 N–H and O–H groups in total. The second-order valence-electron chi connectivity index (χ2n) is 4.45. The standard InChI is InChI=1S/C11H21N3OS/c1-6-12-8(2)10-14-13-9(16-10)7-11(3,4)15-5/h8,12H,6-7H2,1-5H3. The lowest BCUT2D eigenvalue weighted by Gasteiger charge is -2.20. The van der Waals surface area contributed by atoms with Gasteiger partial charge in [-0.3, -0.25) is 0 Å². The predicted molar refractivity (Wildman–Crippen MR) is 66.8 cm³/mol. The summed E-state index contributed by atoms with van der Waals surface area (Å²) in [5, 5.41) is 13.8. The van der Waals surface area contributed by atoms with E-state index in [2.05, 4.69) is 43.2 Å². The van der Waals surface area contributed by atoms with Gasteiger partial charge in [-0.1, -0.05) is 18.3 Å². The van der Waals surface area contributed by atoms with Crippen LogP contribution < -0.4 is 5.32 Å². The Bertz CT molecular complexity index is 325. The average molecular weight is 243 g/mol. The maximum Gasteiger partial charge on any atom is 0.134 e. The van der Waals surface area contributed by atoms with Crippen LogP contribution in [0.1, 0.15) is 43.8 Å². The smallest absolute Gasteiger partial charge is 0.134 e. The Balaban J connectivity index is 2.64. The van der Waals surface area contributed by atoms with Gasteiger partial charge in [0.05, 0.1) is 11.6 Å². The van der Waals surface area contributed by atoms with Gasteiger partial charge in [-0.25, -0.2) is 0 Å². The van der Waals surface area contributed by atoms with Crippen molar-refractivity contribution in [2.45, 2.75) is 45.8 Å². The molecular formula is C11H21N3OS. The molecule has 0 aliphatic carbocycles. The Morgan fingerprint density at radius 3 is 2.69 bits per heavy atom. The molecule has 5 heteroatoms. The van der Waals surface area contributed by atoms with Crippen LogP contribution >= 0.6 is 11.3 Å². The molecule has 0 saturated heterocycles. The Morgan fingerprint density at radius 2 is 2.12 bits per heavy atom. The summed E-state index contributed by atoms with van der Waals surface area (Å²) in [4.78, 5) is 0. The SMILES string of the molecule is CCNC(C)c1nnc(CC(C)(C)OC)s1. The van der Waals surface area contributed by atoms with Crippen LogP contribution in [0.5, 0.6) is 0 Å². The van der Waals surface area contributed by atoms with Gasteiger partial charge in [0.1, 0.15) is 10.0 Å². The van der Waals surface area contributed by atoms with Crippen molar-refractivity contribution in [2.75, 3.05) is 13.7 Å². The molecule has 1 heterocycles. The molecular weight excluding hydrogens is 222 g/mol. The summed E-state index contributed by atoms with van der Waals surface area (Å²) in [6.45, 7) is 9.25. The van der Waals surface area contributed by atoms with Gasteiger partial charge in [0.25, 0.3) is 0 Å². The molecule has 1 aromatic heterocycles. The van der Waals surface area contributed by atoms with E-state index < -0.39 is 0 Å². The number of ether oxygens (including phenoxy) is 1. The van der Waals surface area contributed by atoms with Crippen LogP contribution in [0.3, 0.4) is 0 Å². The molecule has 16 heavy (non-hydrogen) atoms. The van der Waals surface area contributed by atoms with Crippen molar-refractivity contribution < 1.29 is 4.74 Å². The molecule has 0 spiro atoms. The van der Waals surface area contributed by atoms with Crippen LogP contribution in [0.2, 0.25) is 0 Å². The average Bonchev–Trinajstić information content (AvgIpc) is 2.66. The van der Waals surface area contributed by atoms with E-state index in [9.17, 15) is 0 Å². The fraction of sp³-hybridized carbons (Fsp3) is 0.818. The first kappa shape index (κ1) is 13.5. The zero-order valence-electron chi connectivity index (χ0n) is 10.7. The van der Waals surface area contributed by atoms with Gasteiger partial charge >= 0.3 is 0 Å². The highest BCUT2D eigenvalue weighted by atomic mass is 32.1. The monoisotopic (exact) mass is 243 g/mol. The van der Waals surface area contributed by atoms with Crippen molar-refractivity contribution in [2.24, 2.45) is 0 Å². The van der Waals surface area contributed by atoms with Crippen LogP contribution in [0.15, 0.2) is 0 Å². The van der Waals surface area contributed by atoms with Gasteiger partial charge in [-0.05, 0) is 27.3 Å². The molecule has 0 amide bonds. The Labute approximate surface area is 101 Å². The minimum atomic E-state index is -0.168. The number of nitrogens with zero attached hydrogens (tertiary/aromatic N) is 2. The van der Waals surface area contributed by atoms with Gasteiger partial charge in [0.2, 0.25) is 0 Å². The van der Waals surface area contributed by atoms with E-state index in [1.807, 2.05) is 0 Å². The van der Waals surface area contributed by atoms with Crippen LogP contribution in [-0.4, -0.2) is 29.5 Å². The number of methoxy groups -OCH3 is 1. The number of aromatic nitrogens is 2. The summed E-state index contributed by atoms with van der Waals surface area (Å²) in [7, 11) is 1.73. The molecule has 1 unspecified atom stereocenters. The molecule has 0 fully saturated rings. The Kier molecular flexibility index (Phi) is 4.83. The molecule has 1 atom stereocenters. The molecule has 1 rings (SSSR count). The molecule has 0 bridgehead atoms. The third kappa shape index (κ3) is 3.81. The summed E-state index contributed by atoms with van der Waals surface area (Å²) in [6.07, 6.45) is 0.806. The maximum absolute atomic E-state index is 5.38. The molecule has 0 aliphatic rings. The molecule has 0 radical (unpaired) electrons.